The SMILES string of the molecule is CC(=O)Nc1ccc(NC(=O)c2nnn(-c3cc(Cl)cc(Cl)c3)c2CSc2ncccn2)cc1. The molecule has 0 radical (unpaired) electrons. The number of carbonyl (C=O) groups excluding carboxylic acids is 2. The highest BCUT2D eigenvalue weighted by Gasteiger charge is 2.22. The van der Waals surface area contributed by atoms with Crippen LogP contribution >= 0.6 is 35.0 Å². The van der Waals surface area contributed by atoms with Crippen LogP contribution in [0.2, 0.25) is 10.0 Å². The number of aromatic nitrogens is 5. The van der Waals surface area contributed by atoms with Crippen molar-refractivity contribution in [3.63, 3.8) is 0 Å². The summed E-state index contributed by atoms with van der Waals surface area (Å²) in [5, 5.41) is 15.2. The van der Waals surface area contributed by atoms with Crippen molar-refractivity contribution in [1.29, 1.82) is 0 Å². The fraction of sp³-hybridized carbons (Fsp3) is 0.0909. The zero-order valence-electron chi connectivity index (χ0n) is 17.7. The van der Waals surface area contributed by atoms with Crippen LogP contribution in [0.4, 0.5) is 11.4 Å². The van der Waals surface area contributed by atoms with Crippen molar-refractivity contribution in [1.82, 2.24) is 25.0 Å². The second-order valence-corrected chi connectivity index (χ2v) is 8.77. The first-order valence-corrected chi connectivity index (χ1v) is 11.6. The molecule has 12 heteroatoms. The van der Waals surface area contributed by atoms with Crippen LogP contribution in [0.1, 0.15) is 23.1 Å². The van der Waals surface area contributed by atoms with Crippen LogP contribution in [0.5, 0.6) is 0 Å². The summed E-state index contributed by atoms with van der Waals surface area (Å²) >= 11 is 13.7. The topological polar surface area (TPSA) is 115 Å². The summed E-state index contributed by atoms with van der Waals surface area (Å²) in [5.41, 5.74) is 2.36. The molecule has 0 unspecified atom stereocenters. The minimum atomic E-state index is -0.448. The van der Waals surface area contributed by atoms with Crippen molar-refractivity contribution in [2.24, 2.45) is 0 Å². The Morgan fingerprint density at radius 3 is 2.21 bits per heavy atom. The van der Waals surface area contributed by atoms with Crippen molar-refractivity contribution in [3.05, 3.63) is 82.4 Å². The fourth-order valence-corrected chi connectivity index (χ4v) is 4.31. The van der Waals surface area contributed by atoms with Gasteiger partial charge >= 0.3 is 0 Å². The second kappa shape index (κ2) is 10.6. The number of nitrogens with zero attached hydrogens (tertiary/aromatic N) is 5. The summed E-state index contributed by atoms with van der Waals surface area (Å²) in [6.45, 7) is 1.42. The lowest BCUT2D eigenvalue weighted by Gasteiger charge is -2.09. The molecule has 0 saturated heterocycles. The van der Waals surface area contributed by atoms with Gasteiger partial charge in [-0.1, -0.05) is 40.2 Å². The van der Waals surface area contributed by atoms with Crippen LogP contribution in [-0.4, -0.2) is 36.8 Å². The number of rotatable bonds is 7. The molecule has 4 rings (SSSR count). The molecule has 0 spiro atoms. The van der Waals surface area contributed by atoms with Crippen LogP contribution in [0.3, 0.4) is 0 Å². The normalized spacial score (nSPS) is 10.7. The van der Waals surface area contributed by atoms with E-state index in [1.807, 2.05) is 0 Å². The third-order valence-corrected chi connectivity index (χ3v) is 5.74. The van der Waals surface area contributed by atoms with E-state index in [2.05, 4.69) is 30.9 Å². The molecule has 0 bridgehead atoms. The van der Waals surface area contributed by atoms with Crippen LogP contribution in [-0.2, 0) is 10.5 Å². The Kier molecular flexibility index (Phi) is 7.41. The smallest absolute Gasteiger partial charge is 0.278 e. The van der Waals surface area contributed by atoms with Gasteiger partial charge in [0.1, 0.15) is 0 Å². The lowest BCUT2D eigenvalue weighted by Crippen LogP contribution is -2.15. The molecule has 2 aromatic carbocycles. The van der Waals surface area contributed by atoms with Gasteiger partial charge in [-0.2, -0.15) is 0 Å². The Morgan fingerprint density at radius 2 is 1.59 bits per heavy atom. The molecular weight excluding hydrogens is 497 g/mol. The van der Waals surface area contributed by atoms with Crippen molar-refractivity contribution < 1.29 is 9.59 Å². The van der Waals surface area contributed by atoms with Crippen molar-refractivity contribution in [2.75, 3.05) is 10.6 Å². The highest BCUT2D eigenvalue weighted by Crippen LogP contribution is 2.27. The average molecular weight is 514 g/mol. The Hall–Kier alpha value is -3.47. The Labute approximate surface area is 208 Å². The van der Waals surface area contributed by atoms with Gasteiger partial charge in [-0.05, 0) is 48.5 Å². The predicted octanol–water partition coefficient (Wildman–Crippen LogP) is 4.87. The number of halogens is 2. The molecule has 0 aliphatic rings. The Morgan fingerprint density at radius 1 is 0.971 bits per heavy atom. The monoisotopic (exact) mass is 513 g/mol. The van der Waals surface area contributed by atoms with Crippen molar-refractivity contribution in [3.8, 4) is 5.69 Å². The van der Waals surface area contributed by atoms with Crippen LogP contribution in [0.15, 0.2) is 66.1 Å². The first-order valence-electron chi connectivity index (χ1n) is 9.89. The summed E-state index contributed by atoms with van der Waals surface area (Å²) < 4.78 is 1.52. The van der Waals surface area contributed by atoms with Gasteiger partial charge < -0.3 is 10.6 Å². The lowest BCUT2D eigenvalue weighted by molar-refractivity contribution is -0.114. The van der Waals surface area contributed by atoms with Gasteiger partial charge in [-0.25, -0.2) is 14.6 Å². The van der Waals surface area contributed by atoms with E-state index >= 15 is 0 Å². The van der Waals surface area contributed by atoms with Gasteiger partial charge in [-0.15, -0.1) is 5.10 Å². The van der Waals surface area contributed by atoms with Gasteiger partial charge in [0.05, 0.1) is 11.4 Å². The minimum absolute atomic E-state index is 0.130. The maximum absolute atomic E-state index is 13.1. The molecular formula is C22H17Cl2N7O2S. The molecule has 4 aromatic rings. The van der Waals surface area contributed by atoms with E-state index < -0.39 is 5.91 Å². The van der Waals surface area contributed by atoms with E-state index in [4.69, 9.17) is 23.2 Å². The highest BCUT2D eigenvalue weighted by molar-refractivity contribution is 7.98. The fourth-order valence-electron chi connectivity index (χ4n) is 3.00. The number of benzene rings is 2. The molecule has 9 nitrogen and oxygen atoms in total. The highest BCUT2D eigenvalue weighted by atomic mass is 35.5. The zero-order valence-corrected chi connectivity index (χ0v) is 20.0. The summed E-state index contributed by atoms with van der Waals surface area (Å²) in [7, 11) is 0. The molecule has 172 valence electrons. The molecule has 0 aliphatic carbocycles. The molecule has 2 amide bonds. The lowest BCUT2D eigenvalue weighted by atomic mass is 10.2. The van der Waals surface area contributed by atoms with E-state index in [1.165, 1.54) is 23.4 Å². The minimum Gasteiger partial charge on any atom is -0.326 e. The molecule has 34 heavy (non-hydrogen) atoms. The van der Waals surface area contributed by atoms with Crippen LogP contribution < -0.4 is 10.6 Å². The van der Waals surface area contributed by atoms with Gasteiger partial charge in [0.25, 0.3) is 5.91 Å². The van der Waals surface area contributed by atoms with E-state index in [0.29, 0.717) is 43.7 Å². The van der Waals surface area contributed by atoms with Crippen LogP contribution in [0, 0.1) is 0 Å². The standard InChI is InChI=1S/C22H17Cl2N7O2S/c1-13(32)27-16-3-5-17(6-4-16)28-21(33)20-19(12-34-22-25-7-2-8-26-22)31(30-29-20)18-10-14(23)9-15(24)11-18/h2-11H,12H2,1H3,(H,27,32)(H,28,33). The number of amides is 2. The summed E-state index contributed by atoms with van der Waals surface area (Å²) in [5.74, 6) is -0.318. The number of carbonyl (C=O) groups is 2. The third kappa shape index (κ3) is 5.90. The second-order valence-electron chi connectivity index (χ2n) is 6.96. The number of thioether (sulfide) groups is 1. The Bertz CT molecular complexity index is 1310. The largest absolute Gasteiger partial charge is 0.326 e. The van der Waals surface area contributed by atoms with E-state index in [-0.39, 0.29) is 11.6 Å². The van der Waals surface area contributed by atoms with Gasteiger partial charge in [0, 0.05) is 46.5 Å². The molecule has 0 saturated carbocycles. The Balaban J connectivity index is 1.63. The molecule has 0 fully saturated rings. The van der Waals surface area contributed by atoms with E-state index in [0.717, 1.165) is 0 Å². The zero-order chi connectivity index (χ0) is 24.1. The van der Waals surface area contributed by atoms with Crippen molar-refractivity contribution in [2.45, 2.75) is 17.8 Å². The maximum atomic E-state index is 13.1. The maximum Gasteiger partial charge on any atom is 0.278 e. The number of anilines is 2. The van der Waals surface area contributed by atoms with Gasteiger partial charge in [0.15, 0.2) is 10.9 Å². The van der Waals surface area contributed by atoms with E-state index in [1.54, 1.807) is 60.9 Å². The number of hydrogen-bond donors (Lipinski definition) is 2. The quantitative estimate of drug-likeness (QED) is 0.267. The first-order chi connectivity index (χ1) is 16.4. The van der Waals surface area contributed by atoms with Gasteiger partial charge in [0.2, 0.25) is 5.91 Å². The molecule has 0 aliphatic heterocycles. The third-order valence-electron chi connectivity index (χ3n) is 4.41. The molecule has 2 heterocycles. The van der Waals surface area contributed by atoms with Crippen molar-refractivity contribution >= 4 is 58.2 Å². The van der Waals surface area contributed by atoms with Gasteiger partial charge in [-0.3, -0.25) is 9.59 Å². The predicted molar refractivity (Wildman–Crippen MR) is 132 cm³/mol. The van der Waals surface area contributed by atoms with E-state index in [9.17, 15) is 9.59 Å². The molecule has 2 N–H and O–H groups in total. The number of nitrogens with one attached hydrogen (secondary N) is 2. The first kappa shape index (κ1) is 23.7. The summed E-state index contributed by atoms with van der Waals surface area (Å²) in [6, 6.07) is 13.4. The number of hydrogen-bond acceptors (Lipinski definition) is 7. The average Bonchev–Trinajstić information content (AvgIpc) is 3.23. The summed E-state index contributed by atoms with van der Waals surface area (Å²) in [4.78, 5) is 32.7. The molecule has 2 aromatic heterocycles. The van der Waals surface area contributed by atoms with Crippen LogP contribution in [0.25, 0.3) is 5.69 Å². The summed E-state index contributed by atoms with van der Waals surface area (Å²) in [6.07, 6.45) is 3.28. The molecule has 0 atom stereocenters.